The van der Waals surface area contributed by atoms with Crippen molar-refractivity contribution < 1.29 is 9.59 Å². The van der Waals surface area contributed by atoms with Crippen LogP contribution in [0.2, 0.25) is 0 Å². The highest BCUT2D eigenvalue weighted by molar-refractivity contribution is 9.10. The highest BCUT2D eigenvalue weighted by atomic mass is 79.9. The van der Waals surface area contributed by atoms with Gasteiger partial charge in [0.1, 0.15) is 0 Å². The van der Waals surface area contributed by atoms with Crippen molar-refractivity contribution in [2.75, 3.05) is 33.2 Å². The highest BCUT2D eigenvalue weighted by Gasteiger charge is 2.35. The van der Waals surface area contributed by atoms with Gasteiger partial charge in [0, 0.05) is 36.0 Å². The van der Waals surface area contributed by atoms with Crippen LogP contribution in [0.5, 0.6) is 0 Å². The molecule has 7 heteroatoms. The van der Waals surface area contributed by atoms with Gasteiger partial charge in [0.25, 0.3) is 0 Å². The molecule has 2 amide bonds. The van der Waals surface area contributed by atoms with E-state index in [1.807, 2.05) is 4.90 Å². The van der Waals surface area contributed by atoms with Crippen molar-refractivity contribution >= 4 is 44.2 Å². The molecule has 1 fully saturated rings. The number of halogens is 1. The number of piperazine rings is 1. The second-order valence-corrected chi connectivity index (χ2v) is 8.62. The number of likely N-dealkylation sites (N-methyl/N-ethyl adjacent to an activating group) is 1. The van der Waals surface area contributed by atoms with Crippen LogP contribution in [-0.2, 0) is 16.0 Å². The van der Waals surface area contributed by atoms with Crippen LogP contribution in [0.15, 0.2) is 28.9 Å². The number of carbonyl (C=O) groups is 2. The first-order valence-corrected chi connectivity index (χ1v) is 10.1. The van der Waals surface area contributed by atoms with Crippen LogP contribution in [-0.4, -0.2) is 65.9 Å². The van der Waals surface area contributed by atoms with Crippen LogP contribution in [0, 0.1) is 5.92 Å². The van der Waals surface area contributed by atoms with Gasteiger partial charge in [-0.05, 0) is 52.2 Å². The third-order valence-electron chi connectivity index (χ3n) is 5.92. The second kappa shape index (κ2) is 6.29. The van der Waals surface area contributed by atoms with Crippen molar-refractivity contribution in [3.8, 4) is 0 Å². The SMILES string of the molecule is CN1C[C@H](CN2CC(=O)NC(=O)C2)C=C2c3cccc4[nH]c(Br)c(c34)C[C@H]21. The van der Waals surface area contributed by atoms with Crippen LogP contribution in [0.25, 0.3) is 16.5 Å². The average molecular weight is 429 g/mol. The van der Waals surface area contributed by atoms with E-state index in [1.165, 1.54) is 22.1 Å². The quantitative estimate of drug-likeness (QED) is 0.715. The lowest BCUT2D eigenvalue weighted by Gasteiger charge is -2.41. The molecule has 2 atom stereocenters. The van der Waals surface area contributed by atoms with Crippen LogP contribution in [0.3, 0.4) is 0 Å². The monoisotopic (exact) mass is 428 g/mol. The summed E-state index contributed by atoms with van der Waals surface area (Å²) in [5.74, 6) is -0.116. The Bertz CT molecular complexity index is 979. The number of carbonyl (C=O) groups excluding carboxylic acids is 2. The topological polar surface area (TPSA) is 68.4 Å². The average Bonchev–Trinajstić information content (AvgIpc) is 2.92. The van der Waals surface area contributed by atoms with Crippen molar-refractivity contribution in [3.05, 3.63) is 40.0 Å². The summed E-state index contributed by atoms with van der Waals surface area (Å²) in [6.07, 6.45) is 3.36. The normalized spacial score (nSPS) is 26.1. The lowest BCUT2D eigenvalue weighted by atomic mass is 9.80. The molecule has 0 unspecified atom stereocenters. The fourth-order valence-electron chi connectivity index (χ4n) is 4.87. The number of hydrogen-bond acceptors (Lipinski definition) is 4. The number of fused-ring (bicyclic) bond motifs is 2. The predicted octanol–water partition coefficient (Wildman–Crippen LogP) is 1.76. The molecule has 1 saturated heterocycles. The Morgan fingerprint density at radius 1 is 1.22 bits per heavy atom. The summed E-state index contributed by atoms with van der Waals surface area (Å²) in [6.45, 7) is 2.24. The lowest BCUT2D eigenvalue weighted by Crippen LogP contribution is -2.53. The predicted molar refractivity (Wildman–Crippen MR) is 107 cm³/mol. The van der Waals surface area contributed by atoms with Crippen LogP contribution >= 0.6 is 15.9 Å². The minimum Gasteiger partial charge on any atom is -0.349 e. The van der Waals surface area contributed by atoms with Crippen LogP contribution in [0.4, 0.5) is 0 Å². The summed E-state index contributed by atoms with van der Waals surface area (Å²) in [5.41, 5.74) is 5.18. The van der Waals surface area contributed by atoms with Gasteiger partial charge in [0.05, 0.1) is 17.7 Å². The Morgan fingerprint density at radius 3 is 2.78 bits per heavy atom. The van der Waals surface area contributed by atoms with Gasteiger partial charge in [-0.2, -0.15) is 0 Å². The van der Waals surface area contributed by atoms with E-state index >= 15 is 0 Å². The van der Waals surface area contributed by atoms with Gasteiger partial charge in [-0.25, -0.2) is 0 Å². The van der Waals surface area contributed by atoms with Gasteiger partial charge in [0.15, 0.2) is 0 Å². The molecule has 0 radical (unpaired) electrons. The van der Waals surface area contributed by atoms with Crippen LogP contribution in [0.1, 0.15) is 11.1 Å². The van der Waals surface area contributed by atoms with Gasteiger partial charge in [-0.1, -0.05) is 18.2 Å². The summed E-state index contributed by atoms with van der Waals surface area (Å²) in [4.78, 5) is 31.2. The molecule has 140 valence electrons. The molecule has 5 rings (SSSR count). The lowest BCUT2D eigenvalue weighted by molar-refractivity contribution is -0.136. The highest BCUT2D eigenvalue weighted by Crippen LogP contribution is 2.43. The van der Waals surface area contributed by atoms with E-state index < -0.39 is 0 Å². The molecule has 2 aromatic rings. The first kappa shape index (κ1) is 17.2. The third-order valence-corrected chi connectivity index (χ3v) is 6.60. The molecule has 1 aliphatic carbocycles. The van der Waals surface area contributed by atoms with Crippen molar-refractivity contribution in [1.29, 1.82) is 0 Å². The standard InChI is InChI=1S/C20H21BrN4O2/c1-24-7-11(8-25-9-17(26)23-18(27)10-25)5-13-12-3-2-4-15-19(12)14(6-16(13)24)20(21)22-15/h2-5,11,16,22H,6-10H2,1H3,(H,23,26,27)/t11-,16-/m1/s1. The smallest absolute Gasteiger partial charge is 0.240 e. The number of imide groups is 1. The maximum absolute atomic E-state index is 11.7. The zero-order valence-corrected chi connectivity index (χ0v) is 16.7. The number of H-pyrrole nitrogens is 1. The summed E-state index contributed by atoms with van der Waals surface area (Å²) in [6, 6.07) is 6.79. The number of nitrogens with zero attached hydrogens (tertiary/aromatic N) is 2. The van der Waals surface area contributed by atoms with E-state index in [0.29, 0.717) is 25.0 Å². The number of rotatable bonds is 2. The first-order valence-electron chi connectivity index (χ1n) is 9.26. The fourth-order valence-corrected chi connectivity index (χ4v) is 5.44. The van der Waals surface area contributed by atoms with Gasteiger partial charge in [-0.15, -0.1) is 0 Å². The Balaban J connectivity index is 1.51. The second-order valence-electron chi connectivity index (χ2n) is 7.83. The molecule has 2 N–H and O–H groups in total. The van der Waals surface area contributed by atoms with Crippen molar-refractivity contribution in [3.63, 3.8) is 0 Å². The van der Waals surface area contributed by atoms with E-state index in [4.69, 9.17) is 0 Å². The largest absolute Gasteiger partial charge is 0.349 e. The van der Waals surface area contributed by atoms with E-state index in [2.05, 4.69) is 62.5 Å². The molecule has 27 heavy (non-hydrogen) atoms. The summed E-state index contributed by atoms with van der Waals surface area (Å²) in [7, 11) is 2.17. The van der Waals surface area contributed by atoms with Gasteiger partial charge in [-0.3, -0.25) is 24.7 Å². The summed E-state index contributed by atoms with van der Waals surface area (Å²) >= 11 is 3.69. The van der Waals surface area contributed by atoms with E-state index in [-0.39, 0.29) is 11.8 Å². The minimum absolute atomic E-state index is 0.204. The number of benzene rings is 1. The Morgan fingerprint density at radius 2 is 2.00 bits per heavy atom. The maximum atomic E-state index is 11.7. The number of nitrogens with one attached hydrogen (secondary N) is 2. The zero-order valence-electron chi connectivity index (χ0n) is 15.1. The van der Waals surface area contributed by atoms with Crippen molar-refractivity contribution in [2.45, 2.75) is 12.5 Å². The number of hydrogen-bond donors (Lipinski definition) is 2. The van der Waals surface area contributed by atoms with Crippen molar-refractivity contribution in [1.82, 2.24) is 20.1 Å². The molecule has 3 aliphatic rings. The molecule has 3 heterocycles. The molecule has 1 aromatic carbocycles. The fraction of sp³-hybridized carbons (Fsp3) is 0.400. The molecule has 0 saturated carbocycles. The molecule has 0 bridgehead atoms. The van der Waals surface area contributed by atoms with E-state index in [0.717, 1.165) is 29.6 Å². The summed E-state index contributed by atoms with van der Waals surface area (Å²) in [5, 5.41) is 3.69. The minimum atomic E-state index is -0.204. The van der Waals surface area contributed by atoms with Gasteiger partial charge < -0.3 is 4.98 Å². The van der Waals surface area contributed by atoms with Gasteiger partial charge >= 0.3 is 0 Å². The van der Waals surface area contributed by atoms with Crippen molar-refractivity contribution in [2.24, 2.45) is 5.92 Å². The maximum Gasteiger partial charge on any atom is 0.240 e. The zero-order chi connectivity index (χ0) is 18.7. The molecular weight excluding hydrogens is 408 g/mol. The van der Waals surface area contributed by atoms with E-state index in [9.17, 15) is 9.59 Å². The molecule has 0 spiro atoms. The number of aromatic amines is 1. The third kappa shape index (κ3) is 2.85. The number of amides is 2. The summed E-state index contributed by atoms with van der Waals surface area (Å²) < 4.78 is 1.08. The Hall–Kier alpha value is -1.96. The Labute approximate surface area is 165 Å². The number of aromatic nitrogens is 1. The molecule has 2 aliphatic heterocycles. The Kier molecular flexibility index (Phi) is 4.00. The molecule has 1 aromatic heterocycles. The van der Waals surface area contributed by atoms with Crippen LogP contribution < -0.4 is 5.32 Å². The van der Waals surface area contributed by atoms with E-state index in [1.54, 1.807) is 0 Å². The van der Waals surface area contributed by atoms with Gasteiger partial charge in [0.2, 0.25) is 11.8 Å². The molecular formula is C20H21BrN4O2. The molecule has 6 nitrogen and oxygen atoms in total. The first-order chi connectivity index (χ1) is 13.0.